The number of aromatic nitrogens is 2. The second-order valence-corrected chi connectivity index (χ2v) is 4.17. The molecule has 1 aliphatic rings. The SMILES string of the molecule is CCn1ncc(OC)c1C(=O)C1(N)CCOC1. The molecule has 0 radical (unpaired) electrons. The van der Waals surface area contributed by atoms with Gasteiger partial charge in [-0.25, -0.2) is 0 Å². The molecule has 17 heavy (non-hydrogen) atoms. The zero-order chi connectivity index (χ0) is 12.5. The Bertz CT molecular complexity index is 400. The Balaban J connectivity index is 2.38. The van der Waals surface area contributed by atoms with Crippen molar-refractivity contribution in [3.05, 3.63) is 11.9 Å². The van der Waals surface area contributed by atoms with Gasteiger partial charge >= 0.3 is 0 Å². The molecule has 0 amide bonds. The third-order valence-electron chi connectivity index (χ3n) is 3.04. The molecule has 1 unspecified atom stereocenters. The molecular formula is C11H17N3O3. The van der Waals surface area contributed by atoms with Gasteiger partial charge in [-0.3, -0.25) is 9.48 Å². The monoisotopic (exact) mass is 239 g/mol. The van der Waals surface area contributed by atoms with Crippen molar-refractivity contribution in [1.82, 2.24) is 9.78 Å². The summed E-state index contributed by atoms with van der Waals surface area (Å²) in [5, 5.41) is 4.10. The van der Waals surface area contributed by atoms with E-state index in [2.05, 4.69) is 5.10 Å². The second-order valence-electron chi connectivity index (χ2n) is 4.17. The quantitative estimate of drug-likeness (QED) is 0.760. The molecule has 1 aromatic rings. The number of Topliss-reactive ketones (excluding diaryl/α,β-unsaturated/α-hetero) is 1. The van der Waals surface area contributed by atoms with Gasteiger partial charge in [0.1, 0.15) is 11.2 Å². The van der Waals surface area contributed by atoms with Gasteiger partial charge in [0.2, 0.25) is 5.78 Å². The molecule has 0 saturated carbocycles. The van der Waals surface area contributed by atoms with Crippen molar-refractivity contribution in [3.63, 3.8) is 0 Å². The van der Waals surface area contributed by atoms with Gasteiger partial charge in [-0.2, -0.15) is 5.10 Å². The highest BCUT2D eigenvalue weighted by molar-refractivity contribution is 6.04. The van der Waals surface area contributed by atoms with Crippen LogP contribution < -0.4 is 10.5 Å². The van der Waals surface area contributed by atoms with Crippen LogP contribution in [0.3, 0.4) is 0 Å². The zero-order valence-electron chi connectivity index (χ0n) is 10.1. The highest BCUT2D eigenvalue weighted by Crippen LogP contribution is 2.26. The summed E-state index contributed by atoms with van der Waals surface area (Å²) in [6, 6.07) is 0. The predicted molar refractivity (Wildman–Crippen MR) is 61.1 cm³/mol. The average molecular weight is 239 g/mol. The molecule has 1 fully saturated rings. The summed E-state index contributed by atoms with van der Waals surface area (Å²) in [6.07, 6.45) is 2.07. The number of nitrogens with two attached hydrogens (primary N) is 1. The van der Waals surface area contributed by atoms with Gasteiger partial charge < -0.3 is 15.2 Å². The van der Waals surface area contributed by atoms with Gasteiger partial charge in [-0.05, 0) is 13.3 Å². The Labute approximate surface area is 99.7 Å². The van der Waals surface area contributed by atoms with E-state index in [9.17, 15) is 4.79 Å². The first-order valence-electron chi connectivity index (χ1n) is 5.63. The van der Waals surface area contributed by atoms with Gasteiger partial charge in [-0.1, -0.05) is 0 Å². The molecule has 1 saturated heterocycles. The normalized spacial score (nSPS) is 23.9. The van der Waals surface area contributed by atoms with Crippen molar-refractivity contribution >= 4 is 5.78 Å². The standard InChI is InChI=1S/C11H17N3O3/c1-3-14-9(8(16-2)6-13-14)10(15)11(12)4-5-17-7-11/h6H,3-5,7,12H2,1-2H3. The Kier molecular flexibility index (Phi) is 3.17. The predicted octanol–water partition coefficient (Wildman–Crippen LogP) is 0.212. The lowest BCUT2D eigenvalue weighted by Gasteiger charge is -2.20. The number of hydrogen-bond acceptors (Lipinski definition) is 5. The maximum Gasteiger partial charge on any atom is 0.206 e. The summed E-state index contributed by atoms with van der Waals surface area (Å²) in [5.74, 6) is 0.305. The van der Waals surface area contributed by atoms with E-state index in [1.54, 1.807) is 4.68 Å². The molecule has 6 nitrogen and oxygen atoms in total. The lowest BCUT2D eigenvalue weighted by molar-refractivity contribution is 0.0848. The highest BCUT2D eigenvalue weighted by atomic mass is 16.5. The summed E-state index contributed by atoms with van der Waals surface area (Å²) < 4.78 is 12.0. The third-order valence-corrected chi connectivity index (χ3v) is 3.04. The fraction of sp³-hybridized carbons (Fsp3) is 0.636. The van der Waals surface area contributed by atoms with E-state index in [4.69, 9.17) is 15.2 Å². The number of ketones is 1. The minimum absolute atomic E-state index is 0.161. The molecule has 2 heterocycles. The Hall–Kier alpha value is -1.40. The summed E-state index contributed by atoms with van der Waals surface area (Å²) in [5.41, 5.74) is 5.56. The van der Waals surface area contributed by atoms with Crippen LogP contribution in [0, 0.1) is 0 Å². The largest absolute Gasteiger partial charge is 0.493 e. The molecule has 1 atom stereocenters. The molecule has 2 rings (SSSR count). The maximum absolute atomic E-state index is 12.4. The summed E-state index contributed by atoms with van der Waals surface area (Å²) in [4.78, 5) is 12.4. The first kappa shape index (κ1) is 12.1. The van der Waals surface area contributed by atoms with Gasteiger partial charge in [0.05, 0.1) is 19.9 Å². The Morgan fingerprint density at radius 2 is 2.53 bits per heavy atom. The number of nitrogens with zero attached hydrogens (tertiary/aromatic N) is 2. The van der Waals surface area contributed by atoms with Crippen molar-refractivity contribution in [2.45, 2.75) is 25.4 Å². The van der Waals surface area contributed by atoms with Crippen LogP contribution in [0.4, 0.5) is 0 Å². The summed E-state index contributed by atoms with van der Waals surface area (Å²) in [6.45, 7) is 3.29. The number of aryl methyl sites for hydroxylation is 1. The average Bonchev–Trinajstić information content (AvgIpc) is 2.94. The van der Waals surface area contributed by atoms with E-state index < -0.39 is 5.54 Å². The van der Waals surface area contributed by atoms with E-state index in [1.165, 1.54) is 13.3 Å². The van der Waals surface area contributed by atoms with E-state index in [1.807, 2.05) is 6.92 Å². The molecule has 1 aliphatic heterocycles. The smallest absolute Gasteiger partial charge is 0.206 e. The number of rotatable bonds is 4. The summed E-state index contributed by atoms with van der Waals surface area (Å²) >= 11 is 0. The second kappa shape index (κ2) is 4.46. The Morgan fingerprint density at radius 3 is 3.06 bits per heavy atom. The minimum atomic E-state index is -0.944. The minimum Gasteiger partial charge on any atom is -0.493 e. The molecule has 2 N–H and O–H groups in total. The Morgan fingerprint density at radius 1 is 1.76 bits per heavy atom. The number of hydrogen-bond donors (Lipinski definition) is 1. The summed E-state index contributed by atoms with van der Waals surface area (Å²) in [7, 11) is 1.52. The first-order chi connectivity index (χ1) is 8.12. The fourth-order valence-electron chi connectivity index (χ4n) is 1.98. The molecule has 1 aromatic heterocycles. The third kappa shape index (κ3) is 1.94. The number of methoxy groups -OCH3 is 1. The van der Waals surface area contributed by atoms with E-state index in [0.29, 0.717) is 31.0 Å². The van der Waals surface area contributed by atoms with Crippen LogP contribution in [0.25, 0.3) is 0 Å². The van der Waals surface area contributed by atoms with Crippen molar-refractivity contribution in [2.24, 2.45) is 5.73 Å². The van der Waals surface area contributed by atoms with Gasteiger partial charge in [0, 0.05) is 13.2 Å². The van der Waals surface area contributed by atoms with Crippen LogP contribution in [-0.2, 0) is 11.3 Å². The van der Waals surface area contributed by atoms with Crippen molar-refractivity contribution in [3.8, 4) is 5.75 Å². The van der Waals surface area contributed by atoms with Gasteiger partial charge in [-0.15, -0.1) is 0 Å². The molecular weight excluding hydrogens is 222 g/mol. The molecule has 94 valence electrons. The van der Waals surface area contributed by atoms with Crippen molar-refractivity contribution in [2.75, 3.05) is 20.3 Å². The molecule has 6 heteroatoms. The molecule has 0 aliphatic carbocycles. The van der Waals surface area contributed by atoms with Crippen LogP contribution in [0.2, 0.25) is 0 Å². The number of carbonyl (C=O) groups excluding carboxylic acids is 1. The number of ether oxygens (including phenoxy) is 2. The van der Waals surface area contributed by atoms with Crippen molar-refractivity contribution < 1.29 is 14.3 Å². The lowest BCUT2D eigenvalue weighted by Crippen LogP contribution is -2.49. The van der Waals surface area contributed by atoms with Crippen LogP contribution in [0.5, 0.6) is 5.75 Å². The van der Waals surface area contributed by atoms with Gasteiger partial charge in [0.15, 0.2) is 5.75 Å². The topological polar surface area (TPSA) is 79.4 Å². The van der Waals surface area contributed by atoms with Crippen molar-refractivity contribution in [1.29, 1.82) is 0 Å². The maximum atomic E-state index is 12.4. The van der Waals surface area contributed by atoms with E-state index >= 15 is 0 Å². The van der Waals surface area contributed by atoms with E-state index in [-0.39, 0.29) is 12.4 Å². The number of carbonyl (C=O) groups is 1. The lowest BCUT2D eigenvalue weighted by atomic mass is 9.92. The van der Waals surface area contributed by atoms with E-state index in [0.717, 1.165) is 0 Å². The molecule has 0 bridgehead atoms. The fourth-order valence-corrected chi connectivity index (χ4v) is 1.98. The van der Waals surface area contributed by atoms with Crippen LogP contribution in [0.15, 0.2) is 6.20 Å². The van der Waals surface area contributed by atoms with Crippen LogP contribution in [0.1, 0.15) is 23.8 Å². The zero-order valence-corrected chi connectivity index (χ0v) is 10.1. The van der Waals surface area contributed by atoms with Crippen LogP contribution in [-0.4, -0.2) is 41.4 Å². The van der Waals surface area contributed by atoms with Gasteiger partial charge in [0.25, 0.3) is 0 Å². The first-order valence-corrected chi connectivity index (χ1v) is 5.63. The molecule has 0 aromatic carbocycles. The highest BCUT2D eigenvalue weighted by Gasteiger charge is 2.41. The van der Waals surface area contributed by atoms with Crippen LogP contribution >= 0.6 is 0 Å². The molecule has 0 spiro atoms.